The summed E-state index contributed by atoms with van der Waals surface area (Å²) in [4.78, 5) is 24.5. The number of hydrogen-bond donors (Lipinski definition) is 2. The van der Waals surface area contributed by atoms with Crippen LogP contribution in [-0.2, 0) is 9.59 Å². The lowest BCUT2D eigenvalue weighted by Crippen LogP contribution is -2.66. The number of nitrogens with two attached hydrogens (primary N) is 1. The number of rotatable bonds is 2. The highest BCUT2D eigenvalue weighted by Crippen LogP contribution is 2.13. The van der Waals surface area contributed by atoms with Crippen LogP contribution >= 0.6 is 0 Å². The minimum atomic E-state index is -0.434. The lowest BCUT2D eigenvalue weighted by Gasteiger charge is -2.40. The zero-order chi connectivity index (χ0) is 11.8. The van der Waals surface area contributed by atoms with Crippen LogP contribution < -0.4 is 11.1 Å². The molecule has 0 saturated carbocycles. The summed E-state index contributed by atoms with van der Waals surface area (Å²) < 4.78 is 0. The lowest BCUT2D eigenvalue weighted by molar-refractivity contribution is -0.150. The molecule has 15 heavy (non-hydrogen) atoms. The highest BCUT2D eigenvalue weighted by atomic mass is 16.2. The molecule has 1 heterocycles. The van der Waals surface area contributed by atoms with Gasteiger partial charge in [0.15, 0.2) is 0 Å². The van der Waals surface area contributed by atoms with E-state index in [1.807, 2.05) is 20.8 Å². The summed E-state index contributed by atoms with van der Waals surface area (Å²) in [7, 11) is 0. The molecule has 0 spiro atoms. The average Bonchev–Trinajstić information content (AvgIpc) is 2.09. The molecule has 2 unspecified atom stereocenters. The van der Waals surface area contributed by atoms with Crippen molar-refractivity contribution in [3.8, 4) is 0 Å². The standard InChI is InChI=1S/C10H19N3O2/c1-6(8(14)12-10(2,3)4)13-5-7(11)9(13)15/h6-7H,5,11H2,1-4H3,(H,12,14). The molecule has 0 aromatic carbocycles. The number of carbonyl (C=O) groups is 2. The van der Waals surface area contributed by atoms with Crippen molar-refractivity contribution in [1.29, 1.82) is 0 Å². The van der Waals surface area contributed by atoms with Crippen molar-refractivity contribution in [2.24, 2.45) is 5.73 Å². The highest BCUT2D eigenvalue weighted by Gasteiger charge is 2.39. The molecule has 5 heteroatoms. The van der Waals surface area contributed by atoms with E-state index in [9.17, 15) is 9.59 Å². The van der Waals surface area contributed by atoms with Crippen LogP contribution in [0.3, 0.4) is 0 Å². The maximum atomic E-state index is 11.7. The normalized spacial score (nSPS) is 23.4. The Kier molecular flexibility index (Phi) is 3.04. The predicted molar refractivity (Wildman–Crippen MR) is 57.0 cm³/mol. The molecule has 0 aromatic rings. The summed E-state index contributed by atoms with van der Waals surface area (Å²) in [5.41, 5.74) is 5.18. The first-order chi connectivity index (χ1) is 6.72. The SMILES string of the molecule is CC(C(=O)NC(C)(C)C)N1CC(N)C1=O. The predicted octanol–water partition coefficient (Wildman–Crippen LogP) is -0.541. The Morgan fingerprint density at radius 3 is 2.47 bits per heavy atom. The van der Waals surface area contributed by atoms with Crippen LogP contribution in [0.25, 0.3) is 0 Å². The lowest BCUT2D eigenvalue weighted by atomic mass is 10.0. The molecule has 1 fully saturated rings. The van der Waals surface area contributed by atoms with Crippen molar-refractivity contribution in [3.05, 3.63) is 0 Å². The van der Waals surface area contributed by atoms with Crippen molar-refractivity contribution in [3.63, 3.8) is 0 Å². The van der Waals surface area contributed by atoms with Crippen LogP contribution in [0.5, 0.6) is 0 Å². The second kappa shape index (κ2) is 3.81. The van der Waals surface area contributed by atoms with Crippen LogP contribution in [0.1, 0.15) is 27.7 Å². The third-order valence-corrected chi connectivity index (χ3v) is 2.34. The maximum absolute atomic E-state index is 11.7. The van der Waals surface area contributed by atoms with Gasteiger partial charge < -0.3 is 16.0 Å². The molecular formula is C10H19N3O2. The van der Waals surface area contributed by atoms with Crippen molar-refractivity contribution in [2.75, 3.05) is 6.54 Å². The second-order valence-corrected chi connectivity index (χ2v) is 5.01. The summed E-state index contributed by atoms with van der Waals surface area (Å²) in [6.45, 7) is 7.90. The first kappa shape index (κ1) is 12.0. The van der Waals surface area contributed by atoms with Crippen LogP contribution in [0.4, 0.5) is 0 Å². The van der Waals surface area contributed by atoms with Gasteiger partial charge in [0.05, 0.1) is 0 Å². The summed E-state index contributed by atoms with van der Waals surface area (Å²) in [5, 5.41) is 2.83. The molecule has 0 aliphatic carbocycles. The fourth-order valence-corrected chi connectivity index (χ4v) is 1.45. The van der Waals surface area contributed by atoms with E-state index in [0.29, 0.717) is 6.54 Å². The van der Waals surface area contributed by atoms with Gasteiger partial charge in [0.1, 0.15) is 12.1 Å². The summed E-state index contributed by atoms with van der Waals surface area (Å²) in [5.74, 6) is -0.283. The third kappa shape index (κ3) is 2.68. The smallest absolute Gasteiger partial charge is 0.242 e. The Labute approximate surface area is 90.0 Å². The highest BCUT2D eigenvalue weighted by molar-refractivity contribution is 5.93. The number of nitrogens with zero attached hydrogens (tertiary/aromatic N) is 1. The number of amides is 2. The number of nitrogens with one attached hydrogen (secondary N) is 1. The van der Waals surface area contributed by atoms with Crippen molar-refractivity contribution >= 4 is 11.8 Å². The molecule has 3 N–H and O–H groups in total. The van der Waals surface area contributed by atoms with Gasteiger partial charge in [0.25, 0.3) is 0 Å². The van der Waals surface area contributed by atoms with Crippen LogP contribution in [0.2, 0.25) is 0 Å². The van der Waals surface area contributed by atoms with Crippen molar-refractivity contribution < 1.29 is 9.59 Å². The molecule has 0 bridgehead atoms. The quantitative estimate of drug-likeness (QED) is 0.605. The molecule has 2 atom stereocenters. The first-order valence-corrected chi connectivity index (χ1v) is 5.10. The minimum absolute atomic E-state index is 0.136. The number of β-lactam (4-membered cyclic amide) rings is 1. The Hall–Kier alpha value is -1.10. The largest absolute Gasteiger partial charge is 0.350 e. The molecule has 1 rings (SSSR count). The molecule has 0 radical (unpaired) electrons. The monoisotopic (exact) mass is 213 g/mol. The van der Waals surface area contributed by atoms with E-state index < -0.39 is 12.1 Å². The van der Waals surface area contributed by atoms with Gasteiger partial charge in [-0.2, -0.15) is 0 Å². The summed E-state index contributed by atoms with van der Waals surface area (Å²) in [6.07, 6.45) is 0. The second-order valence-electron chi connectivity index (χ2n) is 5.01. The Morgan fingerprint density at radius 2 is 2.13 bits per heavy atom. The van der Waals surface area contributed by atoms with Gasteiger partial charge in [0, 0.05) is 12.1 Å². The van der Waals surface area contributed by atoms with Gasteiger partial charge in [-0.15, -0.1) is 0 Å². The summed E-state index contributed by atoms with van der Waals surface area (Å²) >= 11 is 0. The fraction of sp³-hybridized carbons (Fsp3) is 0.800. The van der Waals surface area contributed by atoms with E-state index in [1.165, 1.54) is 4.90 Å². The zero-order valence-electron chi connectivity index (χ0n) is 9.70. The molecule has 1 saturated heterocycles. The zero-order valence-corrected chi connectivity index (χ0v) is 9.70. The van der Waals surface area contributed by atoms with Crippen LogP contribution in [-0.4, -0.2) is 40.9 Å². The Morgan fingerprint density at radius 1 is 1.60 bits per heavy atom. The van der Waals surface area contributed by atoms with Gasteiger partial charge >= 0.3 is 0 Å². The van der Waals surface area contributed by atoms with E-state index in [-0.39, 0.29) is 17.4 Å². The van der Waals surface area contributed by atoms with Gasteiger partial charge in [-0.1, -0.05) is 0 Å². The Balaban J connectivity index is 2.51. The molecule has 1 aliphatic rings. The van der Waals surface area contributed by atoms with Crippen LogP contribution in [0.15, 0.2) is 0 Å². The number of likely N-dealkylation sites (tertiary alicyclic amines) is 1. The van der Waals surface area contributed by atoms with Crippen molar-refractivity contribution in [2.45, 2.75) is 45.3 Å². The molecule has 0 aromatic heterocycles. The number of carbonyl (C=O) groups excluding carboxylic acids is 2. The van der Waals surface area contributed by atoms with E-state index in [0.717, 1.165) is 0 Å². The summed E-state index contributed by atoms with van der Waals surface area (Å²) in [6, 6.07) is -0.855. The van der Waals surface area contributed by atoms with Crippen molar-refractivity contribution in [1.82, 2.24) is 10.2 Å². The molecule has 2 amide bonds. The number of hydrogen-bond acceptors (Lipinski definition) is 3. The molecule has 86 valence electrons. The van der Waals surface area contributed by atoms with E-state index in [1.54, 1.807) is 6.92 Å². The average molecular weight is 213 g/mol. The van der Waals surface area contributed by atoms with Gasteiger partial charge in [-0.25, -0.2) is 0 Å². The van der Waals surface area contributed by atoms with E-state index >= 15 is 0 Å². The minimum Gasteiger partial charge on any atom is -0.350 e. The fourth-order valence-electron chi connectivity index (χ4n) is 1.45. The molecular weight excluding hydrogens is 194 g/mol. The van der Waals surface area contributed by atoms with E-state index in [4.69, 9.17) is 5.73 Å². The van der Waals surface area contributed by atoms with Crippen LogP contribution in [0, 0.1) is 0 Å². The van der Waals surface area contributed by atoms with Gasteiger partial charge in [0.2, 0.25) is 11.8 Å². The topological polar surface area (TPSA) is 75.4 Å². The molecule has 5 nitrogen and oxygen atoms in total. The maximum Gasteiger partial charge on any atom is 0.242 e. The first-order valence-electron chi connectivity index (χ1n) is 5.10. The Bertz CT molecular complexity index is 283. The van der Waals surface area contributed by atoms with Gasteiger partial charge in [-0.3, -0.25) is 9.59 Å². The van der Waals surface area contributed by atoms with E-state index in [2.05, 4.69) is 5.32 Å². The van der Waals surface area contributed by atoms with Gasteiger partial charge in [-0.05, 0) is 27.7 Å². The third-order valence-electron chi connectivity index (χ3n) is 2.34. The molecule has 1 aliphatic heterocycles.